The van der Waals surface area contributed by atoms with Gasteiger partial charge in [-0.05, 0) is 56.1 Å². The van der Waals surface area contributed by atoms with Gasteiger partial charge in [0.05, 0.1) is 24.7 Å². The van der Waals surface area contributed by atoms with E-state index < -0.39 is 0 Å². The molecule has 8 heteroatoms. The molecular weight excluding hydrogens is 416 g/mol. The van der Waals surface area contributed by atoms with Crippen molar-refractivity contribution in [2.45, 2.75) is 62.5 Å². The summed E-state index contributed by atoms with van der Waals surface area (Å²) in [4.78, 5) is 21.2. The zero-order valence-corrected chi connectivity index (χ0v) is 18.7. The quantitative estimate of drug-likeness (QED) is 0.705. The second-order valence-electron chi connectivity index (χ2n) is 10.8. The molecule has 5 fully saturated rings. The van der Waals surface area contributed by atoms with Gasteiger partial charge in [-0.1, -0.05) is 12.1 Å². The van der Waals surface area contributed by atoms with Crippen molar-refractivity contribution in [3.8, 4) is 11.8 Å². The van der Waals surface area contributed by atoms with Crippen LogP contribution in [0.3, 0.4) is 0 Å². The van der Waals surface area contributed by atoms with E-state index in [1.165, 1.54) is 12.8 Å². The first-order valence-corrected chi connectivity index (χ1v) is 12.3. The van der Waals surface area contributed by atoms with Gasteiger partial charge in [0.2, 0.25) is 0 Å². The Kier molecular flexibility index (Phi) is 4.09. The van der Waals surface area contributed by atoms with E-state index in [2.05, 4.69) is 20.8 Å². The Bertz CT molecular complexity index is 1140. The summed E-state index contributed by atoms with van der Waals surface area (Å²) < 4.78 is 8.16. The first-order chi connectivity index (χ1) is 16.1. The minimum absolute atomic E-state index is 0.0354. The summed E-state index contributed by atoms with van der Waals surface area (Å²) in [6.45, 7) is 2.87. The highest BCUT2D eigenvalue weighted by Crippen LogP contribution is 2.54. The van der Waals surface area contributed by atoms with E-state index in [4.69, 9.17) is 4.74 Å². The lowest BCUT2D eigenvalue weighted by atomic mass is 9.61. The van der Waals surface area contributed by atoms with Crippen LogP contribution in [-0.4, -0.2) is 62.9 Å². The Hall–Kier alpha value is -3.08. The summed E-state index contributed by atoms with van der Waals surface area (Å²) in [6.07, 6.45) is 8.80. The fourth-order valence-electron chi connectivity index (χ4n) is 5.83. The smallest absolute Gasteiger partial charge is 0.320 e. The van der Waals surface area contributed by atoms with E-state index in [0.717, 1.165) is 50.2 Å². The predicted octanol–water partition coefficient (Wildman–Crippen LogP) is 3.42. The molecule has 5 aliphatic rings. The van der Waals surface area contributed by atoms with Crippen LogP contribution in [0.4, 0.5) is 4.79 Å². The molecule has 170 valence electrons. The number of carbonyl (C=O) groups is 1. The molecule has 3 aliphatic carbocycles. The van der Waals surface area contributed by atoms with Gasteiger partial charge in [-0.15, -0.1) is 0 Å². The minimum Gasteiger partial charge on any atom is -0.485 e. The lowest BCUT2D eigenvalue weighted by Crippen LogP contribution is -2.69. The highest BCUT2D eigenvalue weighted by atomic mass is 16.5. The van der Waals surface area contributed by atoms with Crippen LogP contribution in [-0.2, 0) is 0 Å². The van der Waals surface area contributed by atoms with Crippen molar-refractivity contribution < 1.29 is 9.53 Å². The number of benzene rings is 1. The molecule has 33 heavy (non-hydrogen) atoms. The summed E-state index contributed by atoms with van der Waals surface area (Å²) in [5.74, 6) is 2.78. The molecule has 0 radical (unpaired) electrons. The number of carbonyl (C=O) groups excluding carboxylic acids is 1. The topological polar surface area (TPSA) is 87.3 Å². The van der Waals surface area contributed by atoms with Crippen molar-refractivity contribution in [2.24, 2.45) is 5.41 Å². The molecule has 8 nitrogen and oxygen atoms in total. The van der Waals surface area contributed by atoms with Gasteiger partial charge in [-0.2, -0.15) is 10.4 Å². The fraction of sp³-hybridized carbons (Fsp3) is 0.600. The van der Waals surface area contributed by atoms with Crippen molar-refractivity contribution >= 4 is 6.03 Å². The summed E-state index contributed by atoms with van der Waals surface area (Å²) in [7, 11) is 0. The predicted molar refractivity (Wildman–Crippen MR) is 119 cm³/mol. The number of hydrogen-bond donors (Lipinski definition) is 0. The standard InChI is InChI=1S/C25H28N6O2/c26-10-21-20(16-4-5-16)2-1-3-22(21)33-19-11-29(12-19)24(32)30-13-25(14-30)8-18(9-25)31-15-27-23(28-31)17-6-7-17/h1-3,15-19H,4-9,11-14H2. The number of urea groups is 1. The third kappa shape index (κ3) is 3.28. The van der Waals surface area contributed by atoms with E-state index in [0.29, 0.717) is 42.3 Å². The summed E-state index contributed by atoms with van der Waals surface area (Å²) >= 11 is 0. The highest BCUT2D eigenvalue weighted by molar-refractivity contribution is 5.76. The van der Waals surface area contributed by atoms with E-state index in [9.17, 15) is 10.1 Å². The summed E-state index contributed by atoms with van der Waals surface area (Å²) in [5.41, 5.74) is 2.06. The molecule has 1 spiro atoms. The van der Waals surface area contributed by atoms with E-state index in [1.807, 2.05) is 34.3 Å². The average molecular weight is 445 g/mol. The molecule has 2 saturated heterocycles. The van der Waals surface area contributed by atoms with Gasteiger partial charge in [0.15, 0.2) is 5.82 Å². The first kappa shape index (κ1) is 19.4. The molecule has 7 rings (SSSR count). The lowest BCUT2D eigenvalue weighted by molar-refractivity contribution is -0.0816. The molecule has 1 aromatic carbocycles. The molecule has 1 aromatic heterocycles. The number of hydrogen-bond acceptors (Lipinski definition) is 5. The Morgan fingerprint density at radius 2 is 1.85 bits per heavy atom. The second-order valence-corrected chi connectivity index (χ2v) is 10.8. The average Bonchev–Trinajstić information content (AvgIpc) is 3.66. The van der Waals surface area contributed by atoms with Crippen LogP contribution >= 0.6 is 0 Å². The third-order valence-electron chi connectivity index (χ3n) is 8.10. The largest absolute Gasteiger partial charge is 0.485 e. The van der Waals surface area contributed by atoms with Crippen molar-refractivity contribution in [1.29, 1.82) is 5.26 Å². The minimum atomic E-state index is -0.0354. The number of rotatable bonds is 5. The second kappa shape index (κ2) is 6.96. The number of nitrogens with zero attached hydrogens (tertiary/aromatic N) is 6. The summed E-state index contributed by atoms with van der Waals surface area (Å²) in [5, 5.41) is 14.3. The fourth-order valence-corrected chi connectivity index (χ4v) is 5.83. The number of likely N-dealkylation sites (tertiary alicyclic amines) is 2. The Labute approximate surface area is 193 Å². The van der Waals surface area contributed by atoms with E-state index in [1.54, 1.807) is 0 Å². The van der Waals surface area contributed by atoms with Gasteiger partial charge in [0.25, 0.3) is 0 Å². The van der Waals surface area contributed by atoms with Crippen LogP contribution in [0.15, 0.2) is 24.5 Å². The number of nitriles is 1. The molecule has 2 amide bonds. The monoisotopic (exact) mass is 444 g/mol. The third-order valence-corrected chi connectivity index (χ3v) is 8.10. The van der Waals surface area contributed by atoms with Crippen LogP contribution in [0.2, 0.25) is 0 Å². The van der Waals surface area contributed by atoms with Gasteiger partial charge < -0.3 is 14.5 Å². The first-order valence-electron chi connectivity index (χ1n) is 12.3. The van der Waals surface area contributed by atoms with E-state index >= 15 is 0 Å². The molecule has 2 aliphatic heterocycles. The molecule has 3 heterocycles. The number of ether oxygens (including phenoxy) is 1. The van der Waals surface area contributed by atoms with Crippen LogP contribution < -0.4 is 4.74 Å². The normalized spacial score (nSPS) is 24.1. The van der Waals surface area contributed by atoms with Gasteiger partial charge >= 0.3 is 6.03 Å². The van der Waals surface area contributed by atoms with Crippen molar-refractivity contribution in [3.63, 3.8) is 0 Å². The maximum absolute atomic E-state index is 12.9. The molecule has 0 unspecified atom stereocenters. The SMILES string of the molecule is N#Cc1c(OC2CN(C(=O)N3CC4(CC(n5cnc(C6CC6)n5)C4)C3)C2)cccc1C1CC1. The van der Waals surface area contributed by atoms with Gasteiger partial charge in [-0.3, -0.25) is 0 Å². The van der Waals surface area contributed by atoms with Crippen LogP contribution in [0.25, 0.3) is 0 Å². The highest BCUT2D eigenvalue weighted by Gasteiger charge is 2.55. The van der Waals surface area contributed by atoms with E-state index in [-0.39, 0.29) is 17.6 Å². The van der Waals surface area contributed by atoms with Crippen molar-refractivity contribution in [2.75, 3.05) is 26.2 Å². The van der Waals surface area contributed by atoms with Gasteiger partial charge in [0.1, 0.15) is 24.3 Å². The molecule has 3 saturated carbocycles. The Morgan fingerprint density at radius 1 is 1.09 bits per heavy atom. The molecule has 0 bridgehead atoms. The van der Waals surface area contributed by atoms with Gasteiger partial charge in [0, 0.05) is 24.4 Å². The lowest BCUT2D eigenvalue weighted by Gasteiger charge is -2.59. The van der Waals surface area contributed by atoms with Crippen molar-refractivity contribution in [1.82, 2.24) is 24.6 Å². The van der Waals surface area contributed by atoms with Crippen LogP contribution in [0, 0.1) is 16.7 Å². The maximum atomic E-state index is 12.9. The molecule has 0 N–H and O–H groups in total. The molecule has 2 aromatic rings. The van der Waals surface area contributed by atoms with Crippen LogP contribution in [0.5, 0.6) is 5.75 Å². The number of amides is 2. The zero-order chi connectivity index (χ0) is 22.2. The summed E-state index contributed by atoms with van der Waals surface area (Å²) in [6, 6.07) is 8.78. The number of aromatic nitrogens is 3. The van der Waals surface area contributed by atoms with Crippen LogP contribution in [0.1, 0.15) is 73.4 Å². The molecular formula is C25H28N6O2. The molecule has 0 atom stereocenters. The Morgan fingerprint density at radius 3 is 2.55 bits per heavy atom. The van der Waals surface area contributed by atoms with Gasteiger partial charge in [-0.25, -0.2) is 14.5 Å². The Balaban J connectivity index is 0.894. The van der Waals surface area contributed by atoms with Crippen molar-refractivity contribution in [3.05, 3.63) is 41.5 Å². The maximum Gasteiger partial charge on any atom is 0.320 e. The zero-order valence-electron chi connectivity index (χ0n) is 18.7.